The fourth-order valence-electron chi connectivity index (χ4n) is 2.88. The first-order chi connectivity index (χ1) is 12.2. The molecule has 1 fully saturated rings. The van der Waals surface area contributed by atoms with E-state index in [-0.39, 0.29) is 24.0 Å². The lowest BCUT2D eigenvalue weighted by atomic mass is 10.1. The van der Waals surface area contributed by atoms with E-state index in [0.29, 0.717) is 12.5 Å². The van der Waals surface area contributed by atoms with Crippen LogP contribution in [0.5, 0.6) is 5.75 Å². The van der Waals surface area contributed by atoms with Crippen LogP contribution < -0.4 is 15.4 Å². The lowest BCUT2D eigenvalue weighted by molar-refractivity contribution is 0.139. The molecule has 0 aliphatic carbocycles. The van der Waals surface area contributed by atoms with E-state index in [1.165, 1.54) is 26.2 Å². The van der Waals surface area contributed by atoms with Gasteiger partial charge in [0.2, 0.25) is 0 Å². The van der Waals surface area contributed by atoms with Gasteiger partial charge in [0.1, 0.15) is 12.4 Å². The molecule has 1 saturated heterocycles. The molecule has 0 aromatic heterocycles. The van der Waals surface area contributed by atoms with Crippen molar-refractivity contribution in [1.29, 1.82) is 0 Å². The molecule has 7 heteroatoms. The summed E-state index contributed by atoms with van der Waals surface area (Å²) in [4.78, 5) is 9.22. The Balaban J connectivity index is 0.00000338. The highest BCUT2D eigenvalue weighted by atomic mass is 127. The van der Waals surface area contributed by atoms with Crippen molar-refractivity contribution in [3.8, 4) is 5.75 Å². The Morgan fingerprint density at radius 3 is 2.50 bits per heavy atom. The van der Waals surface area contributed by atoms with Gasteiger partial charge < -0.3 is 25.2 Å². The Kier molecular flexibility index (Phi) is 11.6. The summed E-state index contributed by atoms with van der Waals surface area (Å²) in [6.45, 7) is 10.4. The molecule has 1 aliphatic rings. The third kappa shape index (κ3) is 9.05. The molecule has 1 heterocycles. The molecule has 1 aliphatic heterocycles. The van der Waals surface area contributed by atoms with Gasteiger partial charge in [0.05, 0.1) is 6.54 Å². The maximum absolute atomic E-state index is 5.68. The molecule has 0 amide bonds. The molecule has 1 aromatic carbocycles. The zero-order chi connectivity index (χ0) is 17.9. The second-order valence-corrected chi connectivity index (χ2v) is 6.75. The molecule has 1 atom stereocenters. The smallest absolute Gasteiger partial charge is 0.191 e. The Hall–Kier alpha value is -1.06. The Labute approximate surface area is 175 Å². The summed E-state index contributed by atoms with van der Waals surface area (Å²) in [5, 5.41) is 6.71. The lowest BCUT2D eigenvalue weighted by Crippen LogP contribution is -2.47. The molecule has 26 heavy (non-hydrogen) atoms. The average Bonchev–Trinajstić information content (AvgIpc) is 2.64. The quantitative estimate of drug-likeness (QED) is 0.260. The highest BCUT2D eigenvalue weighted by molar-refractivity contribution is 14.0. The van der Waals surface area contributed by atoms with Gasteiger partial charge in [0.25, 0.3) is 0 Å². The fourth-order valence-corrected chi connectivity index (χ4v) is 2.88. The number of para-hydroxylation sites is 1. The molecule has 1 unspecified atom stereocenters. The number of ether oxygens (including phenoxy) is 1. The van der Waals surface area contributed by atoms with E-state index in [1.807, 2.05) is 30.3 Å². The van der Waals surface area contributed by atoms with Crippen LogP contribution in [0, 0.1) is 5.92 Å². The number of rotatable bonds is 8. The molecule has 2 rings (SSSR count). The van der Waals surface area contributed by atoms with Crippen LogP contribution in [-0.2, 0) is 0 Å². The number of aliphatic imine (C=N–C) groups is 1. The van der Waals surface area contributed by atoms with E-state index in [9.17, 15) is 0 Å². The lowest BCUT2D eigenvalue weighted by Gasteiger charge is -2.34. The van der Waals surface area contributed by atoms with Gasteiger partial charge in [0, 0.05) is 46.3 Å². The predicted molar refractivity (Wildman–Crippen MR) is 120 cm³/mol. The Morgan fingerprint density at radius 1 is 1.15 bits per heavy atom. The van der Waals surface area contributed by atoms with E-state index in [1.54, 1.807) is 7.05 Å². The number of hydrogen-bond acceptors (Lipinski definition) is 4. The van der Waals surface area contributed by atoms with Gasteiger partial charge in [-0.2, -0.15) is 0 Å². The van der Waals surface area contributed by atoms with Crippen molar-refractivity contribution in [1.82, 2.24) is 20.4 Å². The SMILES string of the molecule is CN=C(NCCOc1ccccc1)NCC(C)CN1CCN(C)CC1.I. The van der Waals surface area contributed by atoms with Crippen molar-refractivity contribution in [2.45, 2.75) is 6.92 Å². The average molecular weight is 475 g/mol. The largest absolute Gasteiger partial charge is 0.492 e. The number of piperazine rings is 1. The standard InChI is InChI=1S/C19H33N5O.HI/c1-17(16-24-12-10-23(3)11-13-24)15-22-19(20-2)21-9-14-25-18-7-5-4-6-8-18;/h4-8,17H,9-16H2,1-3H3,(H2,20,21,22);1H. The normalized spacial score (nSPS) is 17.3. The number of halogens is 1. The van der Waals surface area contributed by atoms with Crippen LogP contribution in [0.15, 0.2) is 35.3 Å². The molecule has 0 saturated carbocycles. The Morgan fingerprint density at radius 2 is 1.85 bits per heavy atom. The van der Waals surface area contributed by atoms with E-state index in [4.69, 9.17) is 4.74 Å². The van der Waals surface area contributed by atoms with Gasteiger partial charge in [-0.05, 0) is 25.1 Å². The van der Waals surface area contributed by atoms with Crippen LogP contribution in [0.2, 0.25) is 0 Å². The molecule has 148 valence electrons. The second-order valence-electron chi connectivity index (χ2n) is 6.75. The Bertz CT molecular complexity index is 506. The van der Waals surface area contributed by atoms with Crippen LogP contribution in [0.1, 0.15) is 6.92 Å². The monoisotopic (exact) mass is 475 g/mol. The molecule has 0 radical (unpaired) electrons. The molecule has 1 aromatic rings. The third-order valence-electron chi connectivity index (χ3n) is 4.41. The minimum Gasteiger partial charge on any atom is -0.492 e. The van der Waals surface area contributed by atoms with Gasteiger partial charge in [-0.25, -0.2) is 0 Å². The first-order valence-corrected chi connectivity index (χ1v) is 9.20. The summed E-state index contributed by atoms with van der Waals surface area (Å²) in [7, 11) is 4.00. The number of guanidine groups is 1. The van der Waals surface area contributed by atoms with Gasteiger partial charge in [0.15, 0.2) is 5.96 Å². The van der Waals surface area contributed by atoms with Crippen LogP contribution >= 0.6 is 24.0 Å². The zero-order valence-electron chi connectivity index (χ0n) is 16.3. The van der Waals surface area contributed by atoms with Crippen molar-refractivity contribution in [3.05, 3.63) is 30.3 Å². The van der Waals surface area contributed by atoms with Gasteiger partial charge in [-0.3, -0.25) is 4.99 Å². The number of benzene rings is 1. The van der Waals surface area contributed by atoms with E-state index < -0.39 is 0 Å². The third-order valence-corrected chi connectivity index (χ3v) is 4.41. The van der Waals surface area contributed by atoms with Gasteiger partial charge in [-0.15, -0.1) is 24.0 Å². The number of likely N-dealkylation sites (N-methyl/N-ethyl adjacent to an activating group) is 1. The minimum absolute atomic E-state index is 0. The maximum atomic E-state index is 5.68. The molecular weight excluding hydrogens is 441 g/mol. The van der Waals surface area contributed by atoms with Crippen LogP contribution in [-0.4, -0.2) is 82.3 Å². The number of hydrogen-bond donors (Lipinski definition) is 2. The van der Waals surface area contributed by atoms with E-state index >= 15 is 0 Å². The van der Waals surface area contributed by atoms with Crippen LogP contribution in [0.3, 0.4) is 0 Å². The molecule has 6 nitrogen and oxygen atoms in total. The molecular formula is C19H34IN5O. The predicted octanol–water partition coefficient (Wildman–Crippen LogP) is 1.73. The number of nitrogens with zero attached hydrogens (tertiary/aromatic N) is 3. The zero-order valence-corrected chi connectivity index (χ0v) is 18.6. The fraction of sp³-hybridized carbons (Fsp3) is 0.632. The summed E-state index contributed by atoms with van der Waals surface area (Å²) < 4.78 is 5.68. The van der Waals surface area contributed by atoms with E-state index in [2.05, 4.69) is 39.4 Å². The number of nitrogens with one attached hydrogen (secondary N) is 2. The topological polar surface area (TPSA) is 52.1 Å². The first-order valence-electron chi connectivity index (χ1n) is 9.20. The molecule has 0 bridgehead atoms. The summed E-state index contributed by atoms with van der Waals surface area (Å²) in [5.41, 5.74) is 0. The second kappa shape index (κ2) is 13.2. The maximum Gasteiger partial charge on any atom is 0.191 e. The van der Waals surface area contributed by atoms with Gasteiger partial charge >= 0.3 is 0 Å². The summed E-state index contributed by atoms with van der Waals surface area (Å²) in [5.74, 6) is 2.32. The summed E-state index contributed by atoms with van der Waals surface area (Å²) in [6.07, 6.45) is 0. The van der Waals surface area contributed by atoms with Crippen molar-refractivity contribution < 1.29 is 4.74 Å². The summed E-state index contributed by atoms with van der Waals surface area (Å²) in [6, 6.07) is 9.87. The first kappa shape index (κ1) is 23.0. The van der Waals surface area contributed by atoms with Crippen molar-refractivity contribution in [3.63, 3.8) is 0 Å². The highest BCUT2D eigenvalue weighted by Crippen LogP contribution is 2.07. The van der Waals surface area contributed by atoms with Gasteiger partial charge in [-0.1, -0.05) is 25.1 Å². The van der Waals surface area contributed by atoms with Crippen LogP contribution in [0.25, 0.3) is 0 Å². The molecule has 2 N–H and O–H groups in total. The highest BCUT2D eigenvalue weighted by Gasteiger charge is 2.16. The van der Waals surface area contributed by atoms with Crippen molar-refractivity contribution in [2.24, 2.45) is 10.9 Å². The van der Waals surface area contributed by atoms with Crippen molar-refractivity contribution >= 4 is 29.9 Å². The summed E-state index contributed by atoms with van der Waals surface area (Å²) >= 11 is 0. The minimum atomic E-state index is 0. The van der Waals surface area contributed by atoms with Crippen LogP contribution in [0.4, 0.5) is 0 Å². The molecule has 0 spiro atoms. The van der Waals surface area contributed by atoms with Crippen molar-refractivity contribution in [2.75, 3.05) is 66.5 Å². The van der Waals surface area contributed by atoms with E-state index in [0.717, 1.165) is 31.3 Å².